The van der Waals surface area contributed by atoms with Crippen LogP contribution in [0.25, 0.3) is 5.52 Å². The highest BCUT2D eigenvalue weighted by atomic mass is 35.5. The highest BCUT2D eigenvalue weighted by molar-refractivity contribution is 6.32. The van der Waals surface area contributed by atoms with Crippen LogP contribution < -0.4 is 10.6 Å². The van der Waals surface area contributed by atoms with Crippen LogP contribution in [0.15, 0.2) is 6.20 Å². The molecule has 0 amide bonds. The molecular formula is C15H21Cl2FN6. The second kappa shape index (κ2) is 6.61. The van der Waals surface area contributed by atoms with Crippen molar-refractivity contribution >= 4 is 35.5 Å². The van der Waals surface area contributed by atoms with Crippen molar-refractivity contribution in [1.82, 2.24) is 24.9 Å². The first-order valence-electron chi connectivity index (χ1n) is 8.10. The Morgan fingerprint density at radius 3 is 2.92 bits per heavy atom. The molecule has 2 N–H and O–H groups in total. The van der Waals surface area contributed by atoms with Crippen molar-refractivity contribution in [2.45, 2.75) is 50.2 Å². The van der Waals surface area contributed by atoms with Gasteiger partial charge in [0.15, 0.2) is 5.15 Å². The van der Waals surface area contributed by atoms with E-state index in [1.165, 1.54) is 6.42 Å². The van der Waals surface area contributed by atoms with Crippen molar-refractivity contribution in [2.75, 3.05) is 18.4 Å². The molecule has 2 aromatic rings. The molecule has 2 aromatic heterocycles. The molecule has 1 aliphatic carbocycles. The molecular weight excluding hydrogens is 354 g/mol. The Balaban J connectivity index is 0.00000169. The Bertz CT molecular complexity index is 732. The second-order valence-electron chi connectivity index (χ2n) is 6.78. The average molecular weight is 375 g/mol. The molecule has 4 rings (SSSR count). The van der Waals surface area contributed by atoms with Gasteiger partial charge in [-0.1, -0.05) is 24.9 Å². The summed E-state index contributed by atoms with van der Waals surface area (Å²) in [6.45, 7) is 3.34. The highest BCUT2D eigenvalue weighted by Gasteiger charge is 2.38. The van der Waals surface area contributed by atoms with Crippen LogP contribution in [0.4, 0.5) is 10.3 Å². The lowest BCUT2D eigenvalue weighted by atomic mass is 9.70. The Kier molecular flexibility index (Phi) is 4.86. The van der Waals surface area contributed by atoms with Crippen LogP contribution in [0.2, 0.25) is 5.15 Å². The van der Waals surface area contributed by atoms with Crippen LogP contribution in [-0.2, 0) is 5.41 Å². The van der Waals surface area contributed by atoms with Gasteiger partial charge in [0.1, 0.15) is 17.5 Å². The number of anilines is 1. The van der Waals surface area contributed by atoms with Gasteiger partial charge in [-0.2, -0.15) is 0 Å². The minimum absolute atomic E-state index is 0. The van der Waals surface area contributed by atoms with E-state index in [9.17, 15) is 4.39 Å². The largest absolute Gasteiger partial charge is 0.347 e. The predicted molar refractivity (Wildman–Crippen MR) is 94.0 cm³/mol. The average Bonchev–Trinajstić information content (AvgIpc) is 2.84. The van der Waals surface area contributed by atoms with Crippen molar-refractivity contribution in [3.8, 4) is 0 Å². The van der Waals surface area contributed by atoms with Crippen LogP contribution in [0, 0.1) is 0 Å². The van der Waals surface area contributed by atoms with Gasteiger partial charge in [0.25, 0.3) is 0 Å². The monoisotopic (exact) mass is 374 g/mol. The zero-order chi connectivity index (χ0) is 16.0. The molecule has 0 unspecified atom stereocenters. The van der Waals surface area contributed by atoms with Crippen LogP contribution >= 0.6 is 24.0 Å². The third-order valence-electron chi connectivity index (χ3n) is 5.07. The Hall–Kier alpha value is -1.18. The van der Waals surface area contributed by atoms with Crippen LogP contribution in [0.1, 0.15) is 38.4 Å². The first kappa shape index (κ1) is 17.6. The van der Waals surface area contributed by atoms with E-state index in [1.54, 1.807) is 10.7 Å². The standard InChI is InChI=1S/C15H20ClFN6.ClH/c1-15(4-2-5-15)13-21-12(16)11-8-19-14(22-23(11)13)20-10-3-6-18-7-9(10)17;/h8-10,18H,2-7H2,1H3,(H,20,22);1H/t9-,10-;/m1./s1. The van der Waals surface area contributed by atoms with Crippen molar-refractivity contribution in [3.63, 3.8) is 0 Å². The Labute approximate surface area is 151 Å². The maximum absolute atomic E-state index is 14.0. The molecule has 0 radical (unpaired) electrons. The molecule has 24 heavy (non-hydrogen) atoms. The number of hydrogen-bond acceptors (Lipinski definition) is 5. The number of nitrogens with zero attached hydrogens (tertiary/aromatic N) is 4. The molecule has 1 saturated heterocycles. The molecule has 0 bridgehead atoms. The van der Waals surface area contributed by atoms with Gasteiger partial charge in [-0.3, -0.25) is 0 Å². The third-order valence-corrected chi connectivity index (χ3v) is 5.35. The zero-order valence-corrected chi connectivity index (χ0v) is 15.0. The first-order chi connectivity index (χ1) is 11.1. The van der Waals surface area contributed by atoms with Gasteiger partial charge in [-0.15, -0.1) is 17.5 Å². The summed E-state index contributed by atoms with van der Waals surface area (Å²) in [5, 5.41) is 11.1. The van der Waals surface area contributed by atoms with E-state index >= 15 is 0 Å². The SMILES string of the molecule is CC1(c2nc(Cl)c3cnc(N[C@@H]4CCNC[C@H]4F)nn23)CCC1.Cl. The van der Waals surface area contributed by atoms with Gasteiger partial charge < -0.3 is 10.6 Å². The fourth-order valence-corrected chi connectivity index (χ4v) is 3.60. The van der Waals surface area contributed by atoms with E-state index in [1.807, 2.05) is 0 Å². The van der Waals surface area contributed by atoms with Crippen molar-refractivity contribution in [1.29, 1.82) is 0 Å². The number of piperidine rings is 1. The Morgan fingerprint density at radius 1 is 1.46 bits per heavy atom. The number of imidazole rings is 1. The lowest BCUT2D eigenvalue weighted by Gasteiger charge is -2.36. The van der Waals surface area contributed by atoms with E-state index in [0.29, 0.717) is 29.6 Å². The van der Waals surface area contributed by atoms with E-state index in [0.717, 1.165) is 25.2 Å². The van der Waals surface area contributed by atoms with E-state index in [2.05, 4.69) is 32.6 Å². The maximum atomic E-state index is 14.0. The van der Waals surface area contributed by atoms with Gasteiger partial charge in [0.2, 0.25) is 5.95 Å². The van der Waals surface area contributed by atoms with E-state index < -0.39 is 6.17 Å². The van der Waals surface area contributed by atoms with Crippen LogP contribution in [-0.4, -0.2) is 44.9 Å². The summed E-state index contributed by atoms with van der Waals surface area (Å²) in [7, 11) is 0. The quantitative estimate of drug-likeness (QED) is 0.864. The maximum Gasteiger partial charge on any atom is 0.241 e. The number of rotatable bonds is 3. The fraction of sp³-hybridized carbons (Fsp3) is 0.667. The van der Waals surface area contributed by atoms with Gasteiger partial charge in [0.05, 0.1) is 12.2 Å². The van der Waals surface area contributed by atoms with E-state index in [4.69, 9.17) is 11.6 Å². The van der Waals surface area contributed by atoms with Crippen molar-refractivity contribution < 1.29 is 4.39 Å². The smallest absolute Gasteiger partial charge is 0.241 e. The number of nitrogens with one attached hydrogen (secondary N) is 2. The molecule has 9 heteroatoms. The molecule has 1 aliphatic heterocycles. The third kappa shape index (κ3) is 2.93. The van der Waals surface area contributed by atoms with Gasteiger partial charge in [-0.25, -0.2) is 18.9 Å². The molecule has 132 valence electrons. The Morgan fingerprint density at radius 2 is 2.25 bits per heavy atom. The molecule has 1 saturated carbocycles. The van der Waals surface area contributed by atoms with Crippen LogP contribution in [0.5, 0.6) is 0 Å². The van der Waals surface area contributed by atoms with E-state index in [-0.39, 0.29) is 23.9 Å². The van der Waals surface area contributed by atoms with Crippen molar-refractivity contribution in [2.24, 2.45) is 0 Å². The molecule has 2 atom stereocenters. The first-order valence-corrected chi connectivity index (χ1v) is 8.48. The number of alkyl halides is 1. The summed E-state index contributed by atoms with van der Waals surface area (Å²) in [5.41, 5.74) is 0.710. The summed E-state index contributed by atoms with van der Waals surface area (Å²) in [5.74, 6) is 1.29. The number of halogens is 3. The van der Waals surface area contributed by atoms with Crippen LogP contribution in [0.3, 0.4) is 0 Å². The summed E-state index contributed by atoms with van der Waals surface area (Å²) >= 11 is 6.23. The van der Waals surface area contributed by atoms with Gasteiger partial charge >= 0.3 is 0 Å². The lowest BCUT2D eigenvalue weighted by molar-refractivity contribution is 0.243. The minimum atomic E-state index is -0.946. The summed E-state index contributed by atoms with van der Waals surface area (Å²) in [6.07, 6.45) is 4.77. The molecule has 6 nitrogen and oxygen atoms in total. The molecule has 0 aromatic carbocycles. The normalized spacial score (nSPS) is 25.8. The molecule has 2 fully saturated rings. The minimum Gasteiger partial charge on any atom is -0.347 e. The number of aromatic nitrogens is 4. The van der Waals surface area contributed by atoms with Gasteiger partial charge in [-0.05, 0) is 25.8 Å². The lowest BCUT2D eigenvalue weighted by Crippen LogP contribution is -2.45. The highest BCUT2D eigenvalue weighted by Crippen LogP contribution is 2.43. The molecule has 3 heterocycles. The summed E-state index contributed by atoms with van der Waals surface area (Å²) in [6, 6.07) is -0.268. The summed E-state index contributed by atoms with van der Waals surface area (Å²) in [4.78, 5) is 8.78. The molecule has 0 spiro atoms. The number of fused-ring (bicyclic) bond motifs is 1. The zero-order valence-electron chi connectivity index (χ0n) is 13.4. The van der Waals surface area contributed by atoms with Crippen molar-refractivity contribution in [3.05, 3.63) is 17.2 Å². The second-order valence-corrected chi connectivity index (χ2v) is 7.14. The van der Waals surface area contributed by atoms with Gasteiger partial charge in [0, 0.05) is 12.0 Å². The fourth-order valence-electron chi connectivity index (χ4n) is 3.39. The summed E-state index contributed by atoms with van der Waals surface area (Å²) < 4.78 is 15.7. The number of hydrogen-bond donors (Lipinski definition) is 2. The topological polar surface area (TPSA) is 67.1 Å². The predicted octanol–water partition coefficient (Wildman–Crippen LogP) is 2.75. The molecule has 2 aliphatic rings.